The maximum Gasteiger partial charge on any atom is 0.407 e. The Hall–Kier alpha value is -2.79. The van der Waals surface area contributed by atoms with E-state index in [1.807, 2.05) is 42.5 Å². The van der Waals surface area contributed by atoms with Gasteiger partial charge in [0.15, 0.2) is 0 Å². The van der Waals surface area contributed by atoms with Gasteiger partial charge in [0.1, 0.15) is 6.61 Å². The summed E-state index contributed by atoms with van der Waals surface area (Å²) >= 11 is 0. The fraction of sp³-hybridized carbons (Fsp3) is 0.286. The summed E-state index contributed by atoms with van der Waals surface area (Å²) < 4.78 is 5.17. The summed E-state index contributed by atoms with van der Waals surface area (Å²) in [6.45, 7) is 4.88. The van der Waals surface area contributed by atoms with Crippen molar-refractivity contribution in [2.24, 2.45) is 0 Å². The molecule has 0 saturated carbocycles. The predicted molar refractivity (Wildman–Crippen MR) is 105 cm³/mol. The van der Waals surface area contributed by atoms with E-state index in [4.69, 9.17) is 4.74 Å². The first-order chi connectivity index (χ1) is 12.8. The normalized spacial score (nSPS) is 14.4. The van der Waals surface area contributed by atoms with E-state index < -0.39 is 6.09 Å². The van der Waals surface area contributed by atoms with Crippen LogP contribution in [0.25, 0.3) is 6.08 Å². The molecular formula is C21H25N3O2. The molecule has 1 saturated heterocycles. The number of hydrogen-bond donors (Lipinski definition) is 2. The molecule has 2 N–H and O–H groups in total. The number of alkyl carbamates (subject to hydrolysis) is 1. The standard InChI is InChI=1S/C21H25N3O2/c25-21(26-17-19-5-2-1-3-6-19)23-12-4-7-18-8-10-20(11-9-18)24-15-13-22-14-16-24/h1-11,22H,12-17H2,(H,23,25). The van der Waals surface area contributed by atoms with Crippen LogP contribution in [0.3, 0.4) is 0 Å². The predicted octanol–water partition coefficient (Wildman–Crippen LogP) is 3.04. The van der Waals surface area contributed by atoms with E-state index >= 15 is 0 Å². The highest BCUT2D eigenvalue weighted by Crippen LogP contribution is 2.16. The molecule has 1 aliphatic rings. The molecule has 136 valence electrons. The first kappa shape index (κ1) is 18.0. The maximum absolute atomic E-state index is 11.7. The SMILES string of the molecule is O=C(NCC=Cc1ccc(N2CCNCC2)cc1)OCc1ccccc1. The van der Waals surface area contributed by atoms with E-state index in [2.05, 4.69) is 39.8 Å². The van der Waals surface area contributed by atoms with Gasteiger partial charge in [-0.1, -0.05) is 54.6 Å². The van der Waals surface area contributed by atoms with Gasteiger partial charge >= 0.3 is 6.09 Å². The molecule has 5 nitrogen and oxygen atoms in total. The highest BCUT2D eigenvalue weighted by atomic mass is 16.5. The molecule has 0 aliphatic carbocycles. The number of amides is 1. The lowest BCUT2D eigenvalue weighted by Gasteiger charge is -2.29. The molecule has 0 radical (unpaired) electrons. The number of anilines is 1. The average molecular weight is 351 g/mol. The molecule has 2 aromatic rings. The summed E-state index contributed by atoms with van der Waals surface area (Å²) in [7, 11) is 0. The minimum atomic E-state index is -0.410. The molecule has 0 bridgehead atoms. The molecule has 1 fully saturated rings. The van der Waals surface area contributed by atoms with Gasteiger partial charge in [0.25, 0.3) is 0 Å². The Morgan fingerprint density at radius 3 is 2.54 bits per heavy atom. The summed E-state index contributed by atoms with van der Waals surface area (Å²) in [5.41, 5.74) is 3.34. The summed E-state index contributed by atoms with van der Waals surface area (Å²) in [5, 5.41) is 6.08. The number of nitrogens with zero attached hydrogens (tertiary/aromatic N) is 1. The topological polar surface area (TPSA) is 53.6 Å². The number of rotatable bonds is 6. The first-order valence-corrected chi connectivity index (χ1v) is 8.98. The number of carbonyl (C=O) groups is 1. The van der Waals surface area contributed by atoms with E-state index in [0.29, 0.717) is 6.54 Å². The van der Waals surface area contributed by atoms with Crippen LogP contribution in [0.2, 0.25) is 0 Å². The number of ether oxygens (including phenoxy) is 1. The fourth-order valence-electron chi connectivity index (χ4n) is 2.83. The Kier molecular flexibility index (Phi) is 6.67. The van der Waals surface area contributed by atoms with Crippen LogP contribution in [0, 0.1) is 0 Å². The lowest BCUT2D eigenvalue weighted by molar-refractivity contribution is 0.141. The van der Waals surface area contributed by atoms with E-state index in [9.17, 15) is 4.79 Å². The van der Waals surface area contributed by atoms with Crippen molar-refractivity contribution in [1.29, 1.82) is 0 Å². The molecule has 1 heterocycles. The molecule has 1 aliphatic heterocycles. The molecule has 0 atom stereocenters. The smallest absolute Gasteiger partial charge is 0.407 e. The van der Waals surface area contributed by atoms with Gasteiger partial charge in [-0.3, -0.25) is 0 Å². The largest absolute Gasteiger partial charge is 0.445 e. The van der Waals surface area contributed by atoms with Crippen LogP contribution in [0.15, 0.2) is 60.7 Å². The van der Waals surface area contributed by atoms with Crippen molar-refractivity contribution in [1.82, 2.24) is 10.6 Å². The summed E-state index contributed by atoms with van der Waals surface area (Å²) in [6, 6.07) is 18.1. The molecule has 0 aromatic heterocycles. The Morgan fingerprint density at radius 2 is 1.81 bits per heavy atom. The van der Waals surface area contributed by atoms with Crippen molar-refractivity contribution in [2.45, 2.75) is 6.61 Å². The zero-order chi connectivity index (χ0) is 18.0. The second-order valence-electron chi connectivity index (χ2n) is 6.17. The highest BCUT2D eigenvalue weighted by molar-refractivity contribution is 5.67. The molecule has 0 spiro atoms. The van der Waals surface area contributed by atoms with Gasteiger partial charge in [-0.2, -0.15) is 0 Å². The Bertz CT molecular complexity index is 708. The lowest BCUT2D eigenvalue weighted by Crippen LogP contribution is -2.43. The van der Waals surface area contributed by atoms with Crippen LogP contribution < -0.4 is 15.5 Å². The monoisotopic (exact) mass is 351 g/mol. The molecule has 2 aromatic carbocycles. The van der Waals surface area contributed by atoms with Crippen molar-refractivity contribution in [3.63, 3.8) is 0 Å². The van der Waals surface area contributed by atoms with Crippen LogP contribution in [-0.4, -0.2) is 38.8 Å². The third kappa shape index (κ3) is 5.63. The Balaban J connectivity index is 1.38. The van der Waals surface area contributed by atoms with Crippen molar-refractivity contribution >= 4 is 17.9 Å². The number of piperazine rings is 1. The van der Waals surface area contributed by atoms with E-state index in [0.717, 1.165) is 37.3 Å². The van der Waals surface area contributed by atoms with Gasteiger partial charge < -0.3 is 20.3 Å². The minimum absolute atomic E-state index is 0.282. The molecule has 1 amide bonds. The number of nitrogens with one attached hydrogen (secondary N) is 2. The molecule has 0 unspecified atom stereocenters. The summed E-state index contributed by atoms with van der Waals surface area (Å²) in [6.07, 6.45) is 3.51. The third-order valence-corrected chi connectivity index (χ3v) is 4.26. The zero-order valence-corrected chi connectivity index (χ0v) is 14.9. The molecule has 26 heavy (non-hydrogen) atoms. The second-order valence-corrected chi connectivity index (χ2v) is 6.17. The third-order valence-electron chi connectivity index (χ3n) is 4.26. The van der Waals surface area contributed by atoms with E-state index in [1.165, 1.54) is 5.69 Å². The van der Waals surface area contributed by atoms with Crippen LogP contribution in [-0.2, 0) is 11.3 Å². The second kappa shape index (κ2) is 9.63. The van der Waals surface area contributed by atoms with Crippen LogP contribution in [0.5, 0.6) is 0 Å². The number of benzene rings is 2. The Morgan fingerprint density at radius 1 is 1.08 bits per heavy atom. The van der Waals surface area contributed by atoms with Crippen LogP contribution >= 0.6 is 0 Å². The van der Waals surface area contributed by atoms with Crippen LogP contribution in [0.1, 0.15) is 11.1 Å². The minimum Gasteiger partial charge on any atom is -0.445 e. The van der Waals surface area contributed by atoms with E-state index in [1.54, 1.807) is 0 Å². The van der Waals surface area contributed by atoms with Gasteiger partial charge in [-0.15, -0.1) is 0 Å². The molecular weight excluding hydrogens is 326 g/mol. The lowest BCUT2D eigenvalue weighted by atomic mass is 10.1. The first-order valence-electron chi connectivity index (χ1n) is 8.98. The zero-order valence-electron chi connectivity index (χ0n) is 14.9. The Labute approximate surface area is 154 Å². The fourth-order valence-corrected chi connectivity index (χ4v) is 2.83. The maximum atomic E-state index is 11.7. The van der Waals surface area contributed by atoms with Gasteiger partial charge in [0, 0.05) is 38.4 Å². The highest BCUT2D eigenvalue weighted by Gasteiger charge is 2.09. The van der Waals surface area contributed by atoms with E-state index in [-0.39, 0.29) is 6.61 Å². The van der Waals surface area contributed by atoms with Crippen molar-refractivity contribution in [3.8, 4) is 0 Å². The van der Waals surface area contributed by atoms with Gasteiger partial charge in [-0.05, 0) is 23.3 Å². The van der Waals surface area contributed by atoms with Crippen molar-refractivity contribution in [2.75, 3.05) is 37.6 Å². The number of hydrogen-bond acceptors (Lipinski definition) is 4. The van der Waals surface area contributed by atoms with Gasteiger partial charge in [0.05, 0.1) is 0 Å². The van der Waals surface area contributed by atoms with Crippen LogP contribution in [0.4, 0.5) is 10.5 Å². The molecule has 3 rings (SSSR count). The van der Waals surface area contributed by atoms with Crippen molar-refractivity contribution < 1.29 is 9.53 Å². The quantitative estimate of drug-likeness (QED) is 0.840. The molecule has 5 heteroatoms. The number of carbonyl (C=O) groups excluding carboxylic acids is 1. The van der Waals surface area contributed by atoms with Gasteiger partial charge in [-0.25, -0.2) is 4.79 Å². The average Bonchev–Trinajstić information content (AvgIpc) is 2.71. The van der Waals surface area contributed by atoms with Gasteiger partial charge in [0.2, 0.25) is 0 Å². The summed E-state index contributed by atoms with van der Waals surface area (Å²) in [5.74, 6) is 0. The summed E-state index contributed by atoms with van der Waals surface area (Å²) in [4.78, 5) is 14.1. The van der Waals surface area contributed by atoms with Crippen molar-refractivity contribution in [3.05, 3.63) is 71.8 Å².